The second-order valence-electron chi connectivity index (χ2n) is 7.06. The van der Waals surface area contributed by atoms with Crippen LogP contribution in [0.4, 0.5) is 5.82 Å². The summed E-state index contributed by atoms with van der Waals surface area (Å²) < 4.78 is 5.06. The molecule has 0 spiro atoms. The molecule has 0 saturated carbocycles. The van der Waals surface area contributed by atoms with Gasteiger partial charge in [0, 0.05) is 57.1 Å². The molecule has 0 bridgehead atoms. The number of hydrogen-bond donors (Lipinski definition) is 1. The molecule has 1 aromatic rings. The molecule has 1 aliphatic rings. The van der Waals surface area contributed by atoms with Gasteiger partial charge in [0.15, 0.2) is 0 Å². The average Bonchev–Trinajstić information content (AvgIpc) is 2.67. The number of carbonyl (C=O) groups is 2. The molecule has 28 heavy (non-hydrogen) atoms. The Morgan fingerprint density at radius 3 is 2.61 bits per heavy atom. The van der Waals surface area contributed by atoms with Crippen LogP contribution in [0.15, 0.2) is 34.6 Å². The van der Waals surface area contributed by atoms with E-state index < -0.39 is 5.97 Å². The summed E-state index contributed by atoms with van der Waals surface area (Å²) >= 11 is 0. The molecule has 2 rings (SSSR count). The molecule has 8 nitrogen and oxygen atoms in total. The van der Waals surface area contributed by atoms with E-state index in [-0.39, 0.29) is 24.3 Å². The van der Waals surface area contributed by atoms with E-state index in [0.717, 1.165) is 5.71 Å². The Kier molecular flexibility index (Phi) is 7.14. The SMILES string of the molecule is CCOC(=O)/C(N)=C1\CN(c2ccc(C(=O)N(C)C)cn2)CCC1=NC(C)C. The molecule has 0 atom stereocenters. The maximum absolute atomic E-state index is 12.2. The monoisotopic (exact) mass is 387 g/mol. The second kappa shape index (κ2) is 9.34. The lowest BCUT2D eigenvalue weighted by Gasteiger charge is -2.31. The number of rotatable bonds is 5. The van der Waals surface area contributed by atoms with Crippen LogP contribution >= 0.6 is 0 Å². The van der Waals surface area contributed by atoms with Crippen LogP contribution in [-0.4, -0.2) is 67.3 Å². The summed E-state index contributed by atoms with van der Waals surface area (Å²) in [6.45, 7) is 7.07. The van der Waals surface area contributed by atoms with Crippen molar-refractivity contribution < 1.29 is 14.3 Å². The summed E-state index contributed by atoms with van der Waals surface area (Å²) in [5, 5.41) is 0. The fraction of sp³-hybridized carbons (Fsp3) is 0.500. The summed E-state index contributed by atoms with van der Waals surface area (Å²) in [6, 6.07) is 3.65. The quantitative estimate of drug-likeness (QED) is 0.609. The van der Waals surface area contributed by atoms with Crippen molar-refractivity contribution in [2.45, 2.75) is 33.2 Å². The highest BCUT2D eigenvalue weighted by Gasteiger charge is 2.26. The molecular formula is C20H29N5O3. The molecule has 152 valence electrons. The molecule has 1 aromatic heterocycles. The van der Waals surface area contributed by atoms with Gasteiger partial charge in [-0.15, -0.1) is 0 Å². The first-order valence-electron chi connectivity index (χ1n) is 9.40. The highest BCUT2D eigenvalue weighted by atomic mass is 16.5. The number of esters is 1. The minimum absolute atomic E-state index is 0.0883. The predicted molar refractivity (Wildman–Crippen MR) is 110 cm³/mol. The topological polar surface area (TPSA) is 101 Å². The second-order valence-corrected chi connectivity index (χ2v) is 7.06. The number of aromatic nitrogens is 1. The molecular weight excluding hydrogens is 358 g/mol. The summed E-state index contributed by atoms with van der Waals surface area (Å²) in [4.78, 5) is 36.8. The number of aliphatic imine (C=N–C) groups is 1. The Morgan fingerprint density at radius 2 is 2.07 bits per heavy atom. The summed E-state index contributed by atoms with van der Waals surface area (Å²) in [5.74, 6) is 0.0833. The van der Waals surface area contributed by atoms with Crippen LogP contribution in [0.25, 0.3) is 0 Å². The van der Waals surface area contributed by atoms with Crippen molar-refractivity contribution in [3.8, 4) is 0 Å². The van der Waals surface area contributed by atoms with Gasteiger partial charge in [0.25, 0.3) is 5.91 Å². The van der Waals surface area contributed by atoms with Gasteiger partial charge in [0.2, 0.25) is 0 Å². The number of pyridine rings is 1. The number of piperidine rings is 1. The minimum Gasteiger partial charge on any atom is -0.461 e. The molecule has 1 aliphatic heterocycles. The van der Waals surface area contributed by atoms with E-state index >= 15 is 0 Å². The molecule has 1 fully saturated rings. The minimum atomic E-state index is -0.532. The lowest BCUT2D eigenvalue weighted by molar-refractivity contribution is -0.138. The van der Waals surface area contributed by atoms with Crippen molar-refractivity contribution in [2.75, 3.05) is 38.7 Å². The van der Waals surface area contributed by atoms with Crippen LogP contribution in [0.5, 0.6) is 0 Å². The number of anilines is 1. The van der Waals surface area contributed by atoms with E-state index in [1.54, 1.807) is 39.3 Å². The van der Waals surface area contributed by atoms with Gasteiger partial charge in [0.1, 0.15) is 11.5 Å². The lowest BCUT2D eigenvalue weighted by atomic mass is 9.99. The first-order valence-corrected chi connectivity index (χ1v) is 9.40. The van der Waals surface area contributed by atoms with Crippen molar-refractivity contribution in [1.29, 1.82) is 0 Å². The predicted octanol–water partition coefficient (Wildman–Crippen LogP) is 1.62. The first kappa shape index (κ1) is 21.4. The fourth-order valence-electron chi connectivity index (χ4n) is 2.93. The van der Waals surface area contributed by atoms with Crippen LogP contribution in [0.1, 0.15) is 37.6 Å². The third kappa shape index (κ3) is 5.09. The maximum atomic E-state index is 12.2. The number of amides is 1. The van der Waals surface area contributed by atoms with Crippen LogP contribution in [-0.2, 0) is 9.53 Å². The van der Waals surface area contributed by atoms with Crippen molar-refractivity contribution >= 4 is 23.4 Å². The van der Waals surface area contributed by atoms with E-state index in [1.807, 2.05) is 18.7 Å². The van der Waals surface area contributed by atoms with Gasteiger partial charge < -0.3 is 20.3 Å². The number of carbonyl (C=O) groups excluding carboxylic acids is 2. The molecule has 8 heteroatoms. The summed E-state index contributed by atoms with van der Waals surface area (Å²) in [7, 11) is 3.40. The van der Waals surface area contributed by atoms with Crippen molar-refractivity contribution in [3.63, 3.8) is 0 Å². The Morgan fingerprint density at radius 1 is 1.36 bits per heavy atom. The Balaban J connectivity index is 2.31. The van der Waals surface area contributed by atoms with Crippen molar-refractivity contribution in [2.24, 2.45) is 10.7 Å². The van der Waals surface area contributed by atoms with E-state index in [2.05, 4.69) is 9.98 Å². The molecule has 1 amide bonds. The largest absolute Gasteiger partial charge is 0.461 e. The maximum Gasteiger partial charge on any atom is 0.354 e. The zero-order valence-electron chi connectivity index (χ0n) is 17.2. The Hall–Kier alpha value is -2.90. The normalized spacial score (nSPS) is 17.6. The zero-order chi connectivity index (χ0) is 20.8. The number of ether oxygens (including phenoxy) is 1. The van der Waals surface area contributed by atoms with Gasteiger partial charge in [0.05, 0.1) is 12.2 Å². The van der Waals surface area contributed by atoms with Gasteiger partial charge in [-0.05, 0) is 32.9 Å². The van der Waals surface area contributed by atoms with E-state index in [1.165, 1.54) is 4.90 Å². The van der Waals surface area contributed by atoms with E-state index in [0.29, 0.717) is 36.5 Å². The molecule has 2 N–H and O–H groups in total. The van der Waals surface area contributed by atoms with E-state index in [9.17, 15) is 9.59 Å². The molecule has 1 saturated heterocycles. The fourth-order valence-corrected chi connectivity index (χ4v) is 2.93. The third-order valence-electron chi connectivity index (χ3n) is 4.28. The third-order valence-corrected chi connectivity index (χ3v) is 4.28. The number of hydrogen-bond acceptors (Lipinski definition) is 7. The molecule has 0 aromatic carbocycles. The smallest absolute Gasteiger partial charge is 0.354 e. The van der Waals surface area contributed by atoms with E-state index in [4.69, 9.17) is 10.5 Å². The summed E-state index contributed by atoms with van der Waals surface area (Å²) in [6.07, 6.45) is 2.21. The molecule has 0 unspecified atom stereocenters. The van der Waals surface area contributed by atoms with Gasteiger partial charge in [-0.25, -0.2) is 9.78 Å². The molecule has 0 aliphatic carbocycles. The Labute approximate surface area is 166 Å². The summed E-state index contributed by atoms with van der Waals surface area (Å²) in [5.41, 5.74) is 8.22. The highest BCUT2D eigenvalue weighted by molar-refractivity contribution is 6.08. The number of nitrogens with two attached hydrogens (primary N) is 1. The van der Waals surface area contributed by atoms with Crippen molar-refractivity contribution in [1.82, 2.24) is 9.88 Å². The van der Waals surface area contributed by atoms with Gasteiger partial charge in [-0.2, -0.15) is 0 Å². The standard InChI is InChI=1S/C20H29N5O3/c1-6-28-20(27)18(21)15-12-25(10-9-16(15)23-13(2)3)17-8-7-14(11-22-17)19(26)24(4)5/h7-8,11,13H,6,9-10,12,21H2,1-5H3/b18-15-,23-16?. The van der Waals surface area contributed by atoms with Crippen LogP contribution in [0, 0.1) is 0 Å². The van der Waals surface area contributed by atoms with Crippen LogP contribution < -0.4 is 10.6 Å². The van der Waals surface area contributed by atoms with Crippen LogP contribution in [0.3, 0.4) is 0 Å². The zero-order valence-corrected chi connectivity index (χ0v) is 17.2. The molecule has 0 radical (unpaired) electrons. The average molecular weight is 387 g/mol. The number of nitrogens with zero attached hydrogens (tertiary/aromatic N) is 4. The van der Waals surface area contributed by atoms with Crippen LogP contribution in [0.2, 0.25) is 0 Å². The van der Waals surface area contributed by atoms with Gasteiger partial charge in [-0.3, -0.25) is 9.79 Å². The van der Waals surface area contributed by atoms with Crippen molar-refractivity contribution in [3.05, 3.63) is 35.2 Å². The molecule has 2 heterocycles. The lowest BCUT2D eigenvalue weighted by Crippen LogP contribution is -2.39. The first-order chi connectivity index (χ1) is 13.2. The van der Waals surface area contributed by atoms with Gasteiger partial charge >= 0.3 is 5.97 Å². The Bertz CT molecular complexity index is 782. The highest BCUT2D eigenvalue weighted by Crippen LogP contribution is 2.22. The van der Waals surface area contributed by atoms with Gasteiger partial charge in [-0.1, -0.05) is 0 Å².